The van der Waals surface area contributed by atoms with Crippen LogP contribution >= 0.6 is 0 Å². The number of unbranched alkanes of at least 4 members (excludes halogenated alkanes) is 1. The van der Waals surface area contributed by atoms with Crippen LogP contribution in [0.2, 0.25) is 0 Å². The van der Waals surface area contributed by atoms with Crippen molar-refractivity contribution in [3.8, 4) is 11.5 Å². The standard InChI is InChI=1S/C28H37FN6O4/c1-3-4-9-35(28-23(37)14-19(16-31-28)32-25-24(30)26(38)27(25)39)13-12-33(2)20-7-10-34(11-8-20)17-18-5-6-21(36)15-22(18)29/h5-6,14-16,20,32,36-37H,3-4,7-13,17,30H2,1-2H3. The number of likely N-dealkylation sites (N-methyl/N-ethyl adjacent to an activating group) is 1. The van der Waals surface area contributed by atoms with Crippen LogP contribution in [0.4, 0.5) is 27.3 Å². The summed E-state index contributed by atoms with van der Waals surface area (Å²) in [5.74, 6) is -0.00165. The lowest BCUT2D eigenvalue weighted by atomic mass is 10.0. The normalized spacial score (nSPS) is 14.8. The fraction of sp³-hybridized carbons (Fsp3) is 0.464. The van der Waals surface area contributed by atoms with Crippen LogP contribution in [0.15, 0.2) is 40.1 Å². The molecule has 3 aromatic rings. The van der Waals surface area contributed by atoms with E-state index in [9.17, 15) is 24.2 Å². The molecule has 1 saturated heterocycles. The fourth-order valence-corrected chi connectivity index (χ4v) is 4.99. The molecule has 0 saturated carbocycles. The number of benzene rings is 1. The van der Waals surface area contributed by atoms with Gasteiger partial charge in [0.2, 0.25) is 0 Å². The van der Waals surface area contributed by atoms with Crippen molar-refractivity contribution in [3.05, 3.63) is 62.3 Å². The number of phenolic OH excluding ortho intramolecular Hbond substituents is 1. The van der Waals surface area contributed by atoms with E-state index in [4.69, 9.17) is 5.73 Å². The van der Waals surface area contributed by atoms with E-state index in [-0.39, 0.29) is 28.7 Å². The lowest BCUT2D eigenvalue weighted by Gasteiger charge is -2.37. The van der Waals surface area contributed by atoms with Gasteiger partial charge >= 0.3 is 0 Å². The average Bonchev–Trinajstić information content (AvgIpc) is 2.93. The van der Waals surface area contributed by atoms with Gasteiger partial charge in [-0.1, -0.05) is 19.4 Å². The summed E-state index contributed by atoms with van der Waals surface area (Å²) < 4.78 is 14.1. The van der Waals surface area contributed by atoms with Gasteiger partial charge in [0.1, 0.15) is 22.9 Å². The number of hydrogen-bond acceptors (Lipinski definition) is 10. The van der Waals surface area contributed by atoms with Gasteiger partial charge < -0.3 is 31.1 Å². The highest BCUT2D eigenvalue weighted by molar-refractivity contribution is 5.77. The van der Waals surface area contributed by atoms with Crippen molar-refractivity contribution in [2.75, 3.05) is 55.7 Å². The zero-order valence-corrected chi connectivity index (χ0v) is 22.5. The Morgan fingerprint density at radius 1 is 1.13 bits per heavy atom. The number of nitrogens with one attached hydrogen (secondary N) is 1. The lowest BCUT2D eigenvalue weighted by molar-refractivity contribution is 0.124. The summed E-state index contributed by atoms with van der Waals surface area (Å²) in [5.41, 5.74) is 5.07. The van der Waals surface area contributed by atoms with Gasteiger partial charge in [0.15, 0.2) is 11.6 Å². The van der Waals surface area contributed by atoms with E-state index in [1.54, 1.807) is 6.07 Å². The van der Waals surface area contributed by atoms with Crippen LogP contribution in [0, 0.1) is 5.82 Å². The smallest absolute Gasteiger partial charge is 0.253 e. The minimum atomic E-state index is -0.710. The van der Waals surface area contributed by atoms with E-state index in [2.05, 4.69) is 39.0 Å². The molecule has 11 heteroatoms. The molecule has 39 heavy (non-hydrogen) atoms. The third kappa shape index (κ3) is 6.66. The third-order valence-electron chi connectivity index (χ3n) is 7.48. The van der Waals surface area contributed by atoms with Crippen molar-refractivity contribution < 1.29 is 14.6 Å². The molecule has 0 amide bonds. The van der Waals surface area contributed by atoms with Crippen LogP contribution in [0.3, 0.4) is 0 Å². The zero-order chi connectivity index (χ0) is 28.1. The van der Waals surface area contributed by atoms with Gasteiger partial charge in [0, 0.05) is 49.9 Å². The minimum absolute atomic E-state index is 0.0224. The first-order valence-electron chi connectivity index (χ1n) is 13.4. The van der Waals surface area contributed by atoms with E-state index in [0.717, 1.165) is 57.9 Å². The molecule has 0 unspecified atom stereocenters. The molecule has 2 aromatic carbocycles. The van der Waals surface area contributed by atoms with Gasteiger partial charge in [-0.25, -0.2) is 9.37 Å². The average molecular weight is 541 g/mol. The summed E-state index contributed by atoms with van der Waals surface area (Å²) in [6, 6.07) is 6.19. The predicted molar refractivity (Wildman–Crippen MR) is 151 cm³/mol. The number of aromatic hydroxyl groups is 2. The maximum absolute atomic E-state index is 14.1. The summed E-state index contributed by atoms with van der Waals surface area (Å²) in [4.78, 5) is 34.1. The van der Waals surface area contributed by atoms with Gasteiger partial charge in [0.05, 0.1) is 11.9 Å². The van der Waals surface area contributed by atoms with Gasteiger partial charge in [-0.2, -0.15) is 0 Å². The molecular formula is C28H37FN6O4. The van der Waals surface area contributed by atoms with Crippen LogP contribution in [-0.4, -0.2) is 70.8 Å². The van der Waals surface area contributed by atoms with Crippen LogP contribution in [0.1, 0.15) is 38.2 Å². The Labute approximate surface area is 227 Å². The maximum Gasteiger partial charge on any atom is 0.253 e. The highest BCUT2D eigenvalue weighted by Gasteiger charge is 2.24. The molecule has 10 nitrogen and oxygen atoms in total. The molecule has 1 fully saturated rings. The van der Waals surface area contributed by atoms with E-state index in [1.807, 2.05) is 0 Å². The first-order valence-corrected chi connectivity index (χ1v) is 13.4. The van der Waals surface area contributed by atoms with E-state index in [0.29, 0.717) is 36.2 Å². The summed E-state index contributed by atoms with van der Waals surface area (Å²) in [6.07, 6.45) is 5.39. The number of piperidine rings is 1. The first-order chi connectivity index (χ1) is 18.7. The molecule has 0 radical (unpaired) electrons. The molecule has 1 aromatic heterocycles. The van der Waals surface area contributed by atoms with Gasteiger partial charge in [-0.05, 0) is 45.5 Å². The second-order valence-corrected chi connectivity index (χ2v) is 10.2. The van der Waals surface area contributed by atoms with Crippen molar-refractivity contribution >= 4 is 22.9 Å². The number of pyridine rings is 1. The predicted octanol–water partition coefficient (Wildman–Crippen LogP) is 2.76. The molecule has 210 valence electrons. The molecule has 1 aliphatic rings. The second-order valence-electron chi connectivity index (χ2n) is 10.2. The molecule has 0 bridgehead atoms. The first kappa shape index (κ1) is 28.3. The Kier molecular flexibility index (Phi) is 9.03. The molecule has 0 aliphatic carbocycles. The molecular weight excluding hydrogens is 503 g/mol. The highest BCUT2D eigenvalue weighted by atomic mass is 19.1. The molecule has 0 spiro atoms. The Balaban J connectivity index is 1.32. The summed E-state index contributed by atoms with van der Waals surface area (Å²) in [7, 11) is 2.10. The summed E-state index contributed by atoms with van der Waals surface area (Å²) in [5, 5.41) is 23.0. The Hall–Kier alpha value is -3.70. The monoisotopic (exact) mass is 540 g/mol. The lowest BCUT2D eigenvalue weighted by Crippen LogP contribution is -2.45. The van der Waals surface area contributed by atoms with Crippen molar-refractivity contribution in [1.82, 2.24) is 14.8 Å². The largest absolute Gasteiger partial charge is 0.508 e. The van der Waals surface area contributed by atoms with Crippen LogP contribution in [-0.2, 0) is 6.54 Å². The number of nitrogens with two attached hydrogens (primary N) is 1. The molecule has 0 atom stereocenters. The Morgan fingerprint density at radius 2 is 1.87 bits per heavy atom. The SMILES string of the molecule is CCCCN(CCN(C)C1CCN(Cc2ccc(O)cc2F)CC1)c1ncc(Nc2c(N)c(=O)c2=O)cc1O. The quantitative estimate of drug-likeness (QED) is 0.254. The Morgan fingerprint density at radius 3 is 2.51 bits per heavy atom. The van der Waals surface area contributed by atoms with E-state index >= 15 is 0 Å². The number of likely N-dealkylation sites (tertiary alicyclic amines) is 1. The van der Waals surface area contributed by atoms with Crippen molar-refractivity contribution in [2.24, 2.45) is 0 Å². The minimum Gasteiger partial charge on any atom is -0.508 e. The number of aromatic nitrogens is 1. The number of rotatable bonds is 12. The number of anilines is 4. The number of nitrogens with zero attached hydrogens (tertiary/aromatic N) is 4. The van der Waals surface area contributed by atoms with E-state index < -0.39 is 10.9 Å². The second kappa shape index (κ2) is 12.4. The molecule has 5 N–H and O–H groups in total. The van der Waals surface area contributed by atoms with Gasteiger partial charge in [0.25, 0.3) is 10.9 Å². The van der Waals surface area contributed by atoms with Crippen LogP contribution in [0.5, 0.6) is 11.5 Å². The van der Waals surface area contributed by atoms with Crippen molar-refractivity contribution in [3.63, 3.8) is 0 Å². The number of hydrogen-bond donors (Lipinski definition) is 4. The van der Waals surface area contributed by atoms with Gasteiger partial charge in [-0.3, -0.25) is 14.5 Å². The number of nitrogen functional groups attached to an aromatic ring is 1. The molecule has 1 aliphatic heterocycles. The van der Waals surface area contributed by atoms with E-state index in [1.165, 1.54) is 18.3 Å². The molecule has 4 rings (SSSR count). The van der Waals surface area contributed by atoms with Crippen molar-refractivity contribution in [2.45, 2.75) is 45.2 Å². The number of phenols is 1. The van der Waals surface area contributed by atoms with Crippen molar-refractivity contribution in [1.29, 1.82) is 0 Å². The zero-order valence-electron chi connectivity index (χ0n) is 22.5. The third-order valence-corrected chi connectivity index (χ3v) is 7.48. The fourth-order valence-electron chi connectivity index (χ4n) is 4.99. The van der Waals surface area contributed by atoms with Crippen LogP contribution < -0.4 is 26.8 Å². The number of halogens is 1. The Bertz CT molecular complexity index is 1350. The maximum atomic E-state index is 14.1. The topological polar surface area (TPSA) is 135 Å². The highest BCUT2D eigenvalue weighted by Crippen LogP contribution is 2.30. The summed E-state index contributed by atoms with van der Waals surface area (Å²) in [6.45, 7) is 6.55. The van der Waals surface area contributed by atoms with Crippen LogP contribution in [0.25, 0.3) is 0 Å². The molecule has 2 heterocycles. The van der Waals surface area contributed by atoms with Gasteiger partial charge in [-0.15, -0.1) is 0 Å². The summed E-state index contributed by atoms with van der Waals surface area (Å²) >= 11 is 0.